The molecule has 3 heterocycles. The molecule has 13 nitrogen and oxygen atoms in total. The van der Waals surface area contributed by atoms with Gasteiger partial charge in [0.1, 0.15) is 11.4 Å². The molecule has 0 unspecified atom stereocenters. The van der Waals surface area contributed by atoms with E-state index in [9.17, 15) is 29.1 Å². The number of benzene rings is 2. The van der Waals surface area contributed by atoms with E-state index in [2.05, 4.69) is 4.98 Å². The highest BCUT2D eigenvalue weighted by atomic mass is 16.5. The first-order valence-electron chi connectivity index (χ1n) is 16.5. The molecule has 1 fully saturated rings. The van der Waals surface area contributed by atoms with Crippen LogP contribution < -0.4 is 26.4 Å². The van der Waals surface area contributed by atoms with E-state index in [1.807, 2.05) is 6.08 Å². The Labute approximate surface area is 286 Å². The highest BCUT2D eigenvalue weighted by Crippen LogP contribution is 2.66. The second kappa shape index (κ2) is 11.3. The van der Waals surface area contributed by atoms with Gasteiger partial charge in [-0.1, -0.05) is 38.1 Å². The van der Waals surface area contributed by atoms with E-state index >= 15 is 0 Å². The molecule has 7 rings (SSSR count). The molecule has 0 amide bonds. The first-order valence-corrected chi connectivity index (χ1v) is 16.5. The molecule has 2 aliphatic carbocycles. The predicted octanol–water partition coefficient (Wildman–Crippen LogP) is 3.19. The number of Topliss-reactive ketones (excluding diaryl/α,β-unsaturated/α-hetero) is 2. The van der Waals surface area contributed by atoms with E-state index in [1.165, 1.54) is 28.2 Å². The molecule has 2 aromatic carbocycles. The Morgan fingerprint density at radius 2 is 1.60 bits per heavy atom. The van der Waals surface area contributed by atoms with Gasteiger partial charge in [0.2, 0.25) is 0 Å². The second-order valence-corrected chi connectivity index (χ2v) is 13.9. The predicted molar refractivity (Wildman–Crippen MR) is 184 cm³/mol. The van der Waals surface area contributed by atoms with Crippen LogP contribution in [0.4, 0.5) is 0 Å². The molecule has 0 saturated heterocycles. The minimum absolute atomic E-state index is 0.00633. The first kappa shape index (κ1) is 33.1. The Morgan fingerprint density at radius 3 is 2.28 bits per heavy atom. The van der Waals surface area contributed by atoms with Gasteiger partial charge in [0.15, 0.2) is 23.1 Å². The summed E-state index contributed by atoms with van der Waals surface area (Å²) in [5.41, 5.74) is -1.01. The monoisotopic (exact) mass is 681 g/mol. The summed E-state index contributed by atoms with van der Waals surface area (Å²) in [5, 5.41) is 11.1. The van der Waals surface area contributed by atoms with Crippen LogP contribution in [0.1, 0.15) is 57.3 Å². The number of fused-ring (bicyclic) bond motifs is 5. The van der Waals surface area contributed by atoms with Crippen molar-refractivity contribution in [2.75, 3.05) is 14.2 Å². The summed E-state index contributed by atoms with van der Waals surface area (Å²) in [4.78, 5) is 74.6. The van der Waals surface area contributed by atoms with Crippen LogP contribution in [-0.2, 0) is 36.1 Å². The van der Waals surface area contributed by atoms with Crippen molar-refractivity contribution in [3.8, 4) is 17.2 Å². The minimum atomic E-state index is -1.28. The maximum Gasteiger partial charge on any atom is 0.347 e. The summed E-state index contributed by atoms with van der Waals surface area (Å²) < 4.78 is 16.0. The average molecular weight is 682 g/mol. The maximum absolute atomic E-state index is 14.3. The number of ether oxygens (including phenoxy) is 2. The number of phenolic OH excluding ortho intramolecular Hbond substituents is 1. The van der Waals surface area contributed by atoms with Crippen LogP contribution in [0, 0.1) is 10.8 Å². The number of carbonyl (C=O) groups excluding carboxylic acids is 2. The fourth-order valence-corrected chi connectivity index (χ4v) is 8.60. The number of nitrogens with zero attached hydrogens (tertiary/aromatic N) is 5. The molecule has 4 aromatic rings. The normalized spacial score (nSPS) is 24.5. The van der Waals surface area contributed by atoms with Gasteiger partial charge in [0.25, 0.3) is 5.56 Å². The number of carbonyl (C=O) groups is 2. The zero-order valence-electron chi connectivity index (χ0n) is 29.1. The summed E-state index contributed by atoms with van der Waals surface area (Å²) in [6.45, 7) is 6.78. The smallest absolute Gasteiger partial charge is 0.347 e. The fraction of sp³-hybridized carbons (Fsp3) is 0.405. The molecule has 3 aliphatic rings. The number of ketones is 2. The van der Waals surface area contributed by atoms with Gasteiger partial charge in [-0.3, -0.25) is 14.4 Å². The molecule has 0 bridgehead atoms. The number of aryl methyl sites for hydroxylation is 2. The lowest BCUT2D eigenvalue weighted by atomic mass is 9.43. The maximum atomic E-state index is 14.3. The zero-order valence-corrected chi connectivity index (χ0v) is 29.1. The number of rotatable bonds is 6. The molecule has 4 atom stereocenters. The van der Waals surface area contributed by atoms with Crippen LogP contribution in [0.15, 0.2) is 73.6 Å². The lowest BCUT2D eigenvalue weighted by Crippen LogP contribution is -2.61. The van der Waals surface area contributed by atoms with E-state index in [4.69, 9.17) is 9.47 Å². The summed E-state index contributed by atoms with van der Waals surface area (Å²) in [5.74, 6) is -0.284. The molecule has 13 heteroatoms. The van der Waals surface area contributed by atoms with Crippen LogP contribution in [0.2, 0.25) is 0 Å². The van der Waals surface area contributed by atoms with Crippen LogP contribution in [0.3, 0.4) is 0 Å². The van der Waals surface area contributed by atoms with Gasteiger partial charge in [-0.05, 0) is 43.1 Å². The van der Waals surface area contributed by atoms with Crippen molar-refractivity contribution >= 4 is 22.6 Å². The zero-order chi connectivity index (χ0) is 36.0. The fourth-order valence-electron chi connectivity index (χ4n) is 8.60. The Kier molecular flexibility index (Phi) is 7.46. The molecule has 0 radical (unpaired) electrons. The number of aromatic hydroxyl groups is 1. The van der Waals surface area contributed by atoms with Crippen molar-refractivity contribution in [2.45, 2.75) is 65.6 Å². The third kappa shape index (κ3) is 4.24. The number of allylic oxidation sites excluding steroid dienone is 4. The van der Waals surface area contributed by atoms with Crippen molar-refractivity contribution in [1.29, 1.82) is 0 Å². The van der Waals surface area contributed by atoms with Gasteiger partial charge >= 0.3 is 11.4 Å². The van der Waals surface area contributed by atoms with E-state index in [-0.39, 0.29) is 54.5 Å². The number of phenols is 1. The molecule has 2 aromatic heterocycles. The highest BCUT2D eigenvalue weighted by molar-refractivity contribution is 6.17. The van der Waals surface area contributed by atoms with E-state index < -0.39 is 34.2 Å². The Morgan fingerprint density at radius 1 is 0.940 bits per heavy atom. The van der Waals surface area contributed by atoms with Crippen LogP contribution in [0.5, 0.6) is 17.2 Å². The topological polar surface area (TPSA) is 157 Å². The first-order chi connectivity index (χ1) is 23.7. The standard InChI is InChI=1S/C37H39N5O8/c1-19-20(2)32(45)37(4)30(22-10-8-9-11-27(22)43)21-12-15-41-34(47)40(35(48)42(41)26(21)18-36(37,3)31(19)44)14-13-23-33(46)39(5)25-17-29(50-7)28(49-6)16-24(25)38-23/h8-12,16-17,26,30,43H,13-15,18H2,1-7H3/t26-,30-,36+,37-/m1/s1. The van der Waals surface area contributed by atoms with E-state index in [1.54, 1.807) is 71.1 Å². The third-order valence-electron chi connectivity index (χ3n) is 11.7. The lowest BCUT2D eigenvalue weighted by Gasteiger charge is -2.58. The van der Waals surface area contributed by atoms with Crippen molar-refractivity contribution in [2.24, 2.45) is 17.9 Å². The van der Waals surface area contributed by atoms with Gasteiger partial charge < -0.3 is 19.1 Å². The Bertz CT molecular complexity index is 2410. The van der Waals surface area contributed by atoms with Gasteiger partial charge in [-0.2, -0.15) is 0 Å². The quantitative estimate of drug-likeness (QED) is 0.302. The lowest BCUT2D eigenvalue weighted by molar-refractivity contribution is -0.151. The molecule has 50 heavy (non-hydrogen) atoms. The van der Waals surface area contributed by atoms with Crippen LogP contribution in [0.25, 0.3) is 11.0 Å². The highest BCUT2D eigenvalue weighted by Gasteiger charge is 2.67. The molecule has 0 spiro atoms. The number of para-hydroxylation sites is 1. The summed E-state index contributed by atoms with van der Waals surface area (Å²) in [7, 11) is 4.61. The number of aromatic nitrogens is 5. The van der Waals surface area contributed by atoms with Gasteiger partial charge in [-0.25, -0.2) is 28.5 Å². The SMILES string of the molecule is COc1cc2nc(CCn3c(=O)n4n(c3=O)[C@@H]3C[C@@]5(C)C(=O)C(C)=C(C)C(=O)[C@@]5(C)[C@@H](c5ccccc5O)C3=CC4)c(=O)n(C)c2cc1OC. The molecule has 1 N–H and O–H groups in total. The van der Waals surface area contributed by atoms with Crippen LogP contribution >= 0.6 is 0 Å². The molecular weight excluding hydrogens is 642 g/mol. The van der Waals surface area contributed by atoms with Crippen molar-refractivity contribution in [3.05, 3.63) is 102 Å². The number of hydrogen-bond donors (Lipinski definition) is 1. The molecule has 260 valence electrons. The number of hydrogen-bond acceptors (Lipinski definition) is 9. The second-order valence-electron chi connectivity index (χ2n) is 13.9. The summed E-state index contributed by atoms with van der Waals surface area (Å²) in [6.07, 6.45) is 1.93. The van der Waals surface area contributed by atoms with Crippen molar-refractivity contribution in [1.82, 2.24) is 23.5 Å². The van der Waals surface area contributed by atoms with Crippen LogP contribution in [-0.4, -0.2) is 54.4 Å². The van der Waals surface area contributed by atoms with Gasteiger partial charge in [-0.15, -0.1) is 0 Å². The molecule has 1 aliphatic heterocycles. The van der Waals surface area contributed by atoms with Crippen molar-refractivity contribution < 1.29 is 24.2 Å². The molecule has 1 saturated carbocycles. The minimum Gasteiger partial charge on any atom is -0.508 e. The number of methoxy groups -OCH3 is 2. The summed E-state index contributed by atoms with van der Waals surface area (Å²) >= 11 is 0. The average Bonchev–Trinajstić information content (AvgIpc) is 3.36. The Balaban J connectivity index is 1.33. The largest absolute Gasteiger partial charge is 0.508 e. The third-order valence-corrected chi connectivity index (χ3v) is 11.7. The van der Waals surface area contributed by atoms with Crippen molar-refractivity contribution in [3.63, 3.8) is 0 Å². The van der Waals surface area contributed by atoms with Gasteiger partial charge in [0, 0.05) is 49.0 Å². The Hall–Kier alpha value is -5.46. The van der Waals surface area contributed by atoms with E-state index in [0.29, 0.717) is 44.8 Å². The summed E-state index contributed by atoms with van der Waals surface area (Å²) in [6, 6.07) is 9.31. The van der Waals surface area contributed by atoms with E-state index in [0.717, 1.165) is 4.57 Å². The van der Waals surface area contributed by atoms with Gasteiger partial charge in [0.05, 0.1) is 43.3 Å². The molecular formula is C37H39N5O8.